The van der Waals surface area contributed by atoms with Gasteiger partial charge < -0.3 is 14.6 Å². The molecule has 7 heteroatoms. The van der Waals surface area contributed by atoms with Gasteiger partial charge in [-0.15, -0.1) is 11.3 Å². The summed E-state index contributed by atoms with van der Waals surface area (Å²) in [6, 6.07) is 3.83. The third-order valence-corrected chi connectivity index (χ3v) is 5.03. The molecule has 2 aromatic heterocycles. The number of thiophene rings is 1. The second-order valence-corrected chi connectivity index (χ2v) is 7.58. The average Bonchev–Trinajstić information content (AvgIpc) is 3.16. The number of rotatable bonds is 5. The van der Waals surface area contributed by atoms with Crippen molar-refractivity contribution in [1.82, 2.24) is 14.5 Å². The molecular weight excluding hydrogens is 326 g/mol. The van der Waals surface area contributed by atoms with Crippen LogP contribution in [0.25, 0.3) is 0 Å². The minimum atomic E-state index is -0.907. The smallest absolute Gasteiger partial charge is 0.314 e. The van der Waals surface area contributed by atoms with Crippen molar-refractivity contribution in [1.29, 1.82) is 0 Å². The Hall–Kier alpha value is -2.15. The third-order valence-electron chi connectivity index (χ3n) is 4.15. The molecular formula is C17H21N3O3S. The number of carbonyl (C=O) groups is 2. The van der Waals surface area contributed by atoms with Crippen molar-refractivity contribution < 1.29 is 14.7 Å². The lowest BCUT2D eigenvalue weighted by atomic mass is 9.97. The van der Waals surface area contributed by atoms with Crippen LogP contribution in [0.1, 0.15) is 36.0 Å². The van der Waals surface area contributed by atoms with E-state index in [1.54, 1.807) is 11.2 Å². The maximum Gasteiger partial charge on any atom is 0.314 e. The largest absolute Gasteiger partial charge is 0.481 e. The highest BCUT2D eigenvalue weighted by molar-refractivity contribution is 7.10. The van der Waals surface area contributed by atoms with E-state index in [1.807, 2.05) is 22.1 Å². The third kappa shape index (κ3) is 3.36. The molecule has 1 aliphatic rings. The van der Waals surface area contributed by atoms with Crippen molar-refractivity contribution in [3.63, 3.8) is 0 Å². The van der Waals surface area contributed by atoms with Gasteiger partial charge in [0.15, 0.2) is 0 Å². The van der Waals surface area contributed by atoms with Crippen LogP contribution in [-0.4, -0.2) is 38.0 Å². The number of hydrogen-bond acceptors (Lipinski definition) is 4. The van der Waals surface area contributed by atoms with Crippen molar-refractivity contribution >= 4 is 23.2 Å². The molecule has 1 atom stereocenters. The molecule has 0 bridgehead atoms. The monoisotopic (exact) mass is 347 g/mol. The highest BCUT2D eigenvalue weighted by atomic mass is 32.1. The van der Waals surface area contributed by atoms with E-state index in [-0.39, 0.29) is 12.5 Å². The van der Waals surface area contributed by atoms with Gasteiger partial charge in [-0.3, -0.25) is 9.59 Å². The van der Waals surface area contributed by atoms with Gasteiger partial charge in [0.2, 0.25) is 5.91 Å². The van der Waals surface area contributed by atoms with Gasteiger partial charge in [0.25, 0.3) is 0 Å². The summed E-state index contributed by atoms with van der Waals surface area (Å²) in [5.41, 5.74) is 1.45. The number of amides is 1. The number of fused-ring (bicyclic) bond motifs is 1. The standard InChI is InChI=1S/C17H21N3O3S/c1-11(2)7-20-10-18-14-9-19(8-13(16(14)20)17(22)23)15(21)6-12-4-3-5-24-12/h3-5,10-11,13H,6-9H2,1-2H3,(H,22,23)/t13-/m1/s1. The van der Waals surface area contributed by atoms with Crippen LogP contribution >= 0.6 is 11.3 Å². The first-order chi connectivity index (χ1) is 11.5. The molecule has 3 rings (SSSR count). The predicted octanol–water partition coefficient (Wildman–Crippen LogP) is 2.35. The summed E-state index contributed by atoms with van der Waals surface area (Å²) in [6.45, 7) is 5.49. The Morgan fingerprint density at radius 1 is 1.46 bits per heavy atom. The van der Waals surface area contributed by atoms with E-state index in [0.29, 0.717) is 24.6 Å². The zero-order valence-electron chi connectivity index (χ0n) is 13.8. The number of aliphatic carboxylic acids is 1. The highest BCUT2D eigenvalue weighted by Gasteiger charge is 2.36. The Balaban J connectivity index is 1.84. The maximum absolute atomic E-state index is 12.5. The lowest BCUT2D eigenvalue weighted by Gasteiger charge is -2.31. The molecule has 0 aromatic carbocycles. The van der Waals surface area contributed by atoms with Crippen LogP contribution in [0.4, 0.5) is 0 Å². The van der Waals surface area contributed by atoms with Crippen LogP contribution in [0, 0.1) is 5.92 Å². The van der Waals surface area contributed by atoms with Crippen LogP contribution in [0.15, 0.2) is 23.8 Å². The van der Waals surface area contributed by atoms with E-state index in [4.69, 9.17) is 0 Å². The molecule has 0 saturated heterocycles. The Bertz CT molecular complexity index is 736. The van der Waals surface area contributed by atoms with Crippen molar-refractivity contribution in [2.24, 2.45) is 5.92 Å². The van der Waals surface area contributed by atoms with Crippen LogP contribution in [-0.2, 0) is 29.1 Å². The number of carboxylic acid groups (broad SMARTS) is 1. The lowest BCUT2D eigenvalue weighted by molar-refractivity contribution is -0.141. The van der Waals surface area contributed by atoms with Crippen LogP contribution < -0.4 is 0 Å². The molecule has 0 saturated carbocycles. The normalized spacial score (nSPS) is 17.1. The lowest BCUT2D eigenvalue weighted by Crippen LogP contribution is -2.42. The second-order valence-electron chi connectivity index (χ2n) is 6.54. The van der Waals surface area contributed by atoms with Gasteiger partial charge in [-0.1, -0.05) is 19.9 Å². The molecule has 128 valence electrons. The van der Waals surface area contributed by atoms with Crippen molar-refractivity contribution in [3.05, 3.63) is 40.1 Å². The summed E-state index contributed by atoms with van der Waals surface area (Å²) in [4.78, 5) is 31.3. The number of carboxylic acids is 1. The zero-order valence-corrected chi connectivity index (χ0v) is 14.6. The Morgan fingerprint density at radius 2 is 2.25 bits per heavy atom. The van der Waals surface area contributed by atoms with Gasteiger partial charge in [0, 0.05) is 18.0 Å². The quantitative estimate of drug-likeness (QED) is 0.901. The molecule has 3 heterocycles. The topological polar surface area (TPSA) is 75.4 Å². The summed E-state index contributed by atoms with van der Waals surface area (Å²) in [6.07, 6.45) is 2.01. The number of aromatic nitrogens is 2. The van der Waals surface area contributed by atoms with E-state index in [2.05, 4.69) is 18.8 Å². The molecule has 0 fully saturated rings. The van der Waals surface area contributed by atoms with Crippen LogP contribution in [0.3, 0.4) is 0 Å². The molecule has 2 aromatic rings. The summed E-state index contributed by atoms with van der Waals surface area (Å²) in [5, 5.41) is 11.6. The zero-order chi connectivity index (χ0) is 17.3. The van der Waals surface area contributed by atoms with Gasteiger partial charge in [0.05, 0.1) is 30.7 Å². The first-order valence-electron chi connectivity index (χ1n) is 8.02. The molecule has 0 unspecified atom stereocenters. The van der Waals surface area contributed by atoms with Gasteiger partial charge in [-0.25, -0.2) is 4.98 Å². The summed E-state index contributed by atoms with van der Waals surface area (Å²) >= 11 is 1.54. The second kappa shape index (κ2) is 6.76. The van der Waals surface area contributed by atoms with E-state index < -0.39 is 11.9 Å². The van der Waals surface area contributed by atoms with Gasteiger partial charge >= 0.3 is 5.97 Å². The van der Waals surface area contributed by atoms with E-state index in [9.17, 15) is 14.7 Å². The molecule has 0 radical (unpaired) electrons. The molecule has 1 amide bonds. The Labute approximate surface area is 144 Å². The molecule has 6 nitrogen and oxygen atoms in total. The van der Waals surface area contributed by atoms with Gasteiger partial charge in [-0.05, 0) is 17.4 Å². The molecule has 1 N–H and O–H groups in total. The van der Waals surface area contributed by atoms with E-state index in [0.717, 1.165) is 17.1 Å². The number of imidazole rings is 1. The minimum Gasteiger partial charge on any atom is -0.481 e. The number of hydrogen-bond donors (Lipinski definition) is 1. The fraction of sp³-hybridized carbons (Fsp3) is 0.471. The number of carbonyl (C=O) groups excluding carboxylic acids is 1. The highest BCUT2D eigenvalue weighted by Crippen LogP contribution is 2.29. The van der Waals surface area contributed by atoms with Gasteiger partial charge in [0.1, 0.15) is 5.92 Å². The summed E-state index contributed by atoms with van der Waals surface area (Å²) in [7, 11) is 0. The molecule has 0 aliphatic carbocycles. The summed E-state index contributed by atoms with van der Waals surface area (Å²) < 4.78 is 1.93. The molecule has 24 heavy (non-hydrogen) atoms. The SMILES string of the molecule is CC(C)Cn1cnc2c1[C@H](C(=O)O)CN(C(=O)Cc1cccs1)C2. The predicted molar refractivity (Wildman–Crippen MR) is 90.9 cm³/mol. The average molecular weight is 347 g/mol. The van der Waals surface area contributed by atoms with Crippen molar-refractivity contribution in [2.45, 2.75) is 39.3 Å². The van der Waals surface area contributed by atoms with E-state index in [1.165, 1.54) is 11.3 Å². The number of nitrogens with zero attached hydrogens (tertiary/aromatic N) is 3. The van der Waals surface area contributed by atoms with Gasteiger partial charge in [-0.2, -0.15) is 0 Å². The van der Waals surface area contributed by atoms with Crippen LogP contribution in [0.2, 0.25) is 0 Å². The summed E-state index contributed by atoms with van der Waals surface area (Å²) in [5.74, 6) is -1.28. The fourth-order valence-corrected chi connectivity index (χ4v) is 3.80. The first-order valence-corrected chi connectivity index (χ1v) is 8.90. The first kappa shape index (κ1) is 16.7. The minimum absolute atomic E-state index is 0.0484. The maximum atomic E-state index is 12.5. The fourth-order valence-electron chi connectivity index (χ4n) is 3.11. The van der Waals surface area contributed by atoms with E-state index >= 15 is 0 Å². The van der Waals surface area contributed by atoms with Crippen LogP contribution in [0.5, 0.6) is 0 Å². The Morgan fingerprint density at radius 3 is 2.88 bits per heavy atom. The molecule has 1 aliphatic heterocycles. The van der Waals surface area contributed by atoms with Crippen molar-refractivity contribution in [3.8, 4) is 0 Å². The molecule has 0 spiro atoms. The Kier molecular flexibility index (Phi) is 4.71. The van der Waals surface area contributed by atoms with Crippen molar-refractivity contribution in [2.75, 3.05) is 6.54 Å².